The minimum Gasteiger partial charge on any atom is -0.469 e. The van der Waals surface area contributed by atoms with Crippen LogP contribution in [0, 0.1) is 17.1 Å². The molecule has 78 valence electrons. The molecule has 0 N–H and O–H groups in total. The fraction of sp³-hybridized carbons (Fsp3) is 0.200. The lowest BCUT2D eigenvalue weighted by molar-refractivity contribution is -0.139. The van der Waals surface area contributed by atoms with E-state index in [4.69, 9.17) is 5.26 Å². The summed E-state index contributed by atoms with van der Waals surface area (Å²) in [4.78, 5) is 11.0. The normalized spacial score (nSPS) is 9.47. The van der Waals surface area contributed by atoms with Crippen molar-refractivity contribution in [2.45, 2.75) is 6.42 Å². The lowest BCUT2D eigenvalue weighted by Crippen LogP contribution is -2.07. The van der Waals surface area contributed by atoms with Crippen LogP contribution in [0.2, 0.25) is 0 Å². The van der Waals surface area contributed by atoms with Gasteiger partial charge in [-0.05, 0) is 28.1 Å². The number of hydrogen-bond donors (Lipinski definition) is 0. The van der Waals surface area contributed by atoms with Crippen molar-refractivity contribution in [1.29, 1.82) is 5.26 Å². The van der Waals surface area contributed by atoms with Crippen LogP contribution in [-0.2, 0) is 16.0 Å². The van der Waals surface area contributed by atoms with Crippen LogP contribution in [0.4, 0.5) is 4.39 Å². The van der Waals surface area contributed by atoms with Gasteiger partial charge in [0.1, 0.15) is 11.9 Å². The number of rotatable bonds is 2. The number of benzene rings is 1. The SMILES string of the molecule is COC(=O)Cc1c(F)ccc(C#N)c1Br. The predicted octanol–water partition coefficient (Wildman–Crippen LogP) is 2.18. The first-order chi connectivity index (χ1) is 7.10. The summed E-state index contributed by atoms with van der Waals surface area (Å²) in [5.41, 5.74) is 0.427. The summed E-state index contributed by atoms with van der Waals surface area (Å²) in [6.45, 7) is 0. The third kappa shape index (κ3) is 2.54. The Hall–Kier alpha value is -1.41. The quantitative estimate of drug-likeness (QED) is 0.775. The standard InChI is InChI=1S/C10H7BrFNO2/c1-15-9(14)4-7-8(12)3-2-6(5-13)10(7)11/h2-3H,4H2,1H3. The third-order valence-electron chi connectivity index (χ3n) is 1.86. The first kappa shape index (κ1) is 11.7. The number of methoxy groups -OCH3 is 1. The van der Waals surface area contributed by atoms with Gasteiger partial charge in [-0.25, -0.2) is 4.39 Å². The van der Waals surface area contributed by atoms with Crippen molar-refractivity contribution in [2.75, 3.05) is 7.11 Å². The fourth-order valence-corrected chi connectivity index (χ4v) is 1.61. The Labute approximate surface area is 94.6 Å². The third-order valence-corrected chi connectivity index (χ3v) is 2.76. The van der Waals surface area contributed by atoms with Gasteiger partial charge in [0.2, 0.25) is 0 Å². The number of ether oxygens (including phenoxy) is 1. The van der Waals surface area contributed by atoms with E-state index in [1.807, 2.05) is 6.07 Å². The monoisotopic (exact) mass is 271 g/mol. The lowest BCUT2D eigenvalue weighted by Gasteiger charge is -2.05. The molecule has 5 heteroatoms. The minimum absolute atomic E-state index is 0.140. The zero-order valence-electron chi connectivity index (χ0n) is 7.88. The molecular weight excluding hydrogens is 265 g/mol. The largest absolute Gasteiger partial charge is 0.469 e. The molecule has 1 aromatic carbocycles. The molecule has 0 saturated heterocycles. The molecule has 0 aromatic heterocycles. The maximum atomic E-state index is 13.3. The van der Waals surface area contributed by atoms with Crippen LogP contribution in [0.15, 0.2) is 16.6 Å². The zero-order valence-corrected chi connectivity index (χ0v) is 9.47. The van der Waals surface area contributed by atoms with E-state index in [9.17, 15) is 9.18 Å². The fourth-order valence-electron chi connectivity index (χ4n) is 1.06. The Bertz CT molecular complexity index is 440. The van der Waals surface area contributed by atoms with Gasteiger partial charge < -0.3 is 4.74 Å². The summed E-state index contributed by atoms with van der Waals surface area (Å²) in [5.74, 6) is -1.09. The second-order valence-corrected chi connectivity index (χ2v) is 3.55. The van der Waals surface area contributed by atoms with Gasteiger partial charge in [-0.15, -0.1) is 0 Å². The highest BCUT2D eigenvalue weighted by atomic mass is 79.9. The Morgan fingerprint density at radius 3 is 2.87 bits per heavy atom. The van der Waals surface area contributed by atoms with Gasteiger partial charge in [0.05, 0.1) is 19.1 Å². The lowest BCUT2D eigenvalue weighted by atomic mass is 10.1. The molecule has 0 atom stereocenters. The molecule has 0 fully saturated rings. The van der Waals surface area contributed by atoms with Crippen molar-refractivity contribution in [1.82, 2.24) is 0 Å². The van der Waals surface area contributed by atoms with Gasteiger partial charge in [0.25, 0.3) is 0 Å². The van der Waals surface area contributed by atoms with Crippen LogP contribution < -0.4 is 0 Å². The van der Waals surface area contributed by atoms with Gasteiger partial charge in [-0.3, -0.25) is 4.79 Å². The summed E-state index contributed by atoms with van der Waals surface area (Å²) >= 11 is 3.08. The molecule has 0 aliphatic rings. The molecule has 0 spiro atoms. The number of nitriles is 1. The number of esters is 1. The van der Waals surface area contributed by atoms with Crippen molar-refractivity contribution in [3.63, 3.8) is 0 Å². The van der Waals surface area contributed by atoms with E-state index in [1.165, 1.54) is 13.2 Å². The van der Waals surface area contributed by atoms with Crippen LogP contribution in [0.1, 0.15) is 11.1 Å². The molecule has 0 unspecified atom stereocenters. The average Bonchev–Trinajstić information content (AvgIpc) is 2.24. The second-order valence-electron chi connectivity index (χ2n) is 2.75. The minimum atomic E-state index is -0.551. The number of carbonyl (C=O) groups excluding carboxylic acids is 1. The van der Waals surface area contributed by atoms with Crippen LogP contribution >= 0.6 is 15.9 Å². The van der Waals surface area contributed by atoms with Gasteiger partial charge >= 0.3 is 5.97 Å². The summed E-state index contributed by atoms with van der Waals surface area (Å²) in [5, 5.41) is 8.71. The number of carbonyl (C=O) groups is 1. The van der Waals surface area contributed by atoms with Gasteiger partial charge in [-0.2, -0.15) is 5.26 Å². The van der Waals surface area contributed by atoms with E-state index < -0.39 is 11.8 Å². The molecule has 0 aliphatic heterocycles. The van der Waals surface area contributed by atoms with E-state index >= 15 is 0 Å². The van der Waals surface area contributed by atoms with Gasteiger partial charge in [0.15, 0.2) is 0 Å². The summed E-state index contributed by atoms with van der Waals surface area (Å²) in [6.07, 6.45) is -0.196. The predicted molar refractivity (Wildman–Crippen MR) is 54.5 cm³/mol. The highest BCUT2D eigenvalue weighted by molar-refractivity contribution is 9.10. The average molecular weight is 272 g/mol. The summed E-state index contributed by atoms with van der Waals surface area (Å²) in [7, 11) is 1.22. The van der Waals surface area contributed by atoms with Crippen LogP contribution in [-0.4, -0.2) is 13.1 Å². The maximum Gasteiger partial charge on any atom is 0.310 e. The van der Waals surface area contributed by atoms with Gasteiger partial charge in [0, 0.05) is 10.0 Å². The molecule has 15 heavy (non-hydrogen) atoms. The highest BCUT2D eigenvalue weighted by Gasteiger charge is 2.14. The highest BCUT2D eigenvalue weighted by Crippen LogP contribution is 2.24. The first-order valence-electron chi connectivity index (χ1n) is 4.04. The van der Waals surface area contributed by atoms with Crippen LogP contribution in [0.25, 0.3) is 0 Å². The molecule has 3 nitrogen and oxygen atoms in total. The molecule has 0 aliphatic carbocycles. The molecular formula is C10H7BrFNO2. The first-order valence-corrected chi connectivity index (χ1v) is 4.83. The summed E-state index contributed by atoms with van der Waals surface area (Å²) in [6, 6.07) is 4.39. The van der Waals surface area contributed by atoms with E-state index in [0.29, 0.717) is 4.47 Å². The Morgan fingerprint density at radius 2 is 2.33 bits per heavy atom. The van der Waals surface area contributed by atoms with E-state index in [1.54, 1.807) is 0 Å². The maximum absolute atomic E-state index is 13.3. The molecule has 0 heterocycles. The molecule has 0 saturated carbocycles. The van der Waals surface area contributed by atoms with Crippen molar-refractivity contribution in [2.24, 2.45) is 0 Å². The van der Waals surface area contributed by atoms with E-state index in [0.717, 1.165) is 6.07 Å². The van der Waals surface area contributed by atoms with Crippen LogP contribution in [0.3, 0.4) is 0 Å². The number of nitrogens with zero attached hydrogens (tertiary/aromatic N) is 1. The Morgan fingerprint density at radius 1 is 1.67 bits per heavy atom. The topological polar surface area (TPSA) is 50.1 Å². The smallest absolute Gasteiger partial charge is 0.310 e. The number of halogens is 2. The van der Waals surface area contributed by atoms with Crippen LogP contribution in [0.5, 0.6) is 0 Å². The summed E-state index contributed by atoms with van der Waals surface area (Å²) < 4.78 is 18.0. The van der Waals surface area contributed by atoms with E-state index in [2.05, 4.69) is 20.7 Å². The molecule has 0 amide bonds. The second kappa shape index (κ2) is 4.89. The Balaban J connectivity index is 3.16. The zero-order chi connectivity index (χ0) is 11.4. The van der Waals surface area contributed by atoms with Crippen molar-refractivity contribution < 1.29 is 13.9 Å². The Kier molecular flexibility index (Phi) is 3.81. The number of hydrogen-bond acceptors (Lipinski definition) is 3. The van der Waals surface area contributed by atoms with Crippen molar-refractivity contribution in [3.05, 3.63) is 33.5 Å². The van der Waals surface area contributed by atoms with E-state index in [-0.39, 0.29) is 17.5 Å². The molecule has 1 rings (SSSR count). The molecule has 0 bridgehead atoms. The van der Waals surface area contributed by atoms with Crippen molar-refractivity contribution in [3.8, 4) is 6.07 Å². The van der Waals surface area contributed by atoms with Crippen molar-refractivity contribution >= 4 is 21.9 Å². The van der Waals surface area contributed by atoms with Gasteiger partial charge in [-0.1, -0.05) is 0 Å². The molecule has 1 aromatic rings. The molecule has 0 radical (unpaired) electrons.